The number of nitrogens with one attached hydrogen (secondary N) is 1. The van der Waals surface area contributed by atoms with Crippen LogP contribution in [0.3, 0.4) is 0 Å². The van der Waals surface area contributed by atoms with Gasteiger partial charge < -0.3 is 10.1 Å². The number of hydrogen-bond donors (Lipinski definition) is 1. The molecule has 0 radical (unpaired) electrons. The molecule has 0 atom stereocenters. The van der Waals surface area contributed by atoms with Gasteiger partial charge in [-0.15, -0.1) is 0 Å². The fourth-order valence-corrected chi connectivity index (χ4v) is 1.65. The van der Waals surface area contributed by atoms with E-state index in [1.165, 1.54) is 6.20 Å². The van der Waals surface area contributed by atoms with Gasteiger partial charge in [0.1, 0.15) is 11.8 Å². The van der Waals surface area contributed by atoms with Crippen LogP contribution in [0.2, 0.25) is 5.02 Å². The van der Waals surface area contributed by atoms with Gasteiger partial charge in [-0.05, 0) is 30.3 Å². The molecule has 6 heteroatoms. The van der Waals surface area contributed by atoms with Crippen molar-refractivity contribution in [3.8, 4) is 11.8 Å². The van der Waals surface area contributed by atoms with Crippen LogP contribution in [0.25, 0.3) is 0 Å². The highest BCUT2D eigenvalue weighted by Gasteiger charge is 2.08. The number of benzene rings is 1. The van der Waals surface area contributed by atoms with Crippen LogP contribution in [0.15, 0.2) is 42.6 Å². The first-order valence-electron chi connectivity index (χ1n) is 5.72. The number of nitriles is 1. The quantitative estimate of drug-likeness (QED) is 0.938. The van der Waals surface area contributed by atoms with Gasteiger partial charge in [0.2, 0.25) is 0 Å². The van der Waals surface area contributed by atoms with Crippen LogP contribution >= 0.6 is 11.6 Å². The predicted octanol–water partition coefficient (Wildman–Crippen LogP) is 2.62. The lowest BCUT2D eigenvalue weighted by molar-refractivity contribution is -0.118. The second kappa shape index (κ2) is 6.55. The molecule has 100 valence electrons. The molecule has 0 fully saturated rings. The van der Waals surface area contributed by atoms with Gasteiger partial charge in [-0.1, -0.05) is 17.7 Å². The van der Waals surface area contributed by atoms with Gasteiger partial charge in [0.25, 0.3) is 5.91 Å². The Morgan fingerprint density at radius 1 is 1.40 bits per heavy atom. The first-order valence-corrected chi connectivity index (χ1v) is 6.10. The van der Waals surface area contributed by atoms with E-state index in [1.807, 2.05) is 6.07 Å². The molecule has 0 unspecified atom stereocenters. The molecule has 0 bridgehead atoms. The van der Waals surface area contributed by atoms with Crippen molar-refractivity contribution in [3.63, 3.8) is 0 Å². The van der Waals surface area contributed by atoms with Crippen molar-refractivity contribution in [2.45, 2.75) is 0 Å². The molecular weight excluding hydrogens is 278 g/mol. The lowest BCUT2D eigenvalue weighted by atomic mass is 10.3. The summed E-state index contributed by atoms with van der Waals surface area (Å²) in [6, 6.07) is 11.9. The van der Waals surface area contributed by atoms with Crippen LogP contribution in [0, 0.1) is 11.3 Å². The van der Waals surface area contributed by atoms with Crippen molar-refractivity contribution in [1.82, 2.24) is 4.98 Å². The number of carbonyl (C=O) groups is 1. The monoisotopic (exact) mass is 287 g/mol. The highest BCUT2D eigenvalue weighted by atomic mass is 35.5. The van der Waals surface area contributed by atoms with Crippen molar-refractivity contribution < 1.29 is 9.53 Å². The zero-order valence-electron chi connectivity index (χ0n) is 10.3. The molecule has 1 aromatic heterocycles. The molecule has 0 aliphatic carbocycles. The number of pyridine rings is 1. The van der Waals surface area contributed by atoms with Crippen LogP contribution in [0.1, 0.15) is 5.56 Å². The van der Waals surface area contributed by atoms with E-state index in [0.29, 0.717) is 16.3 Å². The van der Waals surface area contributed by atoms with E-state index in [4.69, 9.17) is 21.6 Å². The van der Waals surface area contributed by atoms with Gasteiger partial charge in [0, 0.05) is 11.2 Å². The molecule has 0 saturated heterocycles. The number of amides is 1. The Hall–Kier alpha value is -2.58. The third kappa shape index (κ3) is 3.70. The van der Waals surface area contributed by atoms with Gasteiger partial charge in [-0.2, -0.15) is 5.26 Å². The summed E-state index contributed by atoms with van der Waals surface area (Å²) >= 11 is 5.80. The largest absolute Gasteiger partial charge is 0.484 e. The van der Waals surface area contributed by atoms with Crippen molar-refractivity contribution in [2.75, 3.05) is 11.9 Å². The molecule has 20 heavy (non-hydrogen) atoms. The summed E-state index contributed by atoms with van der Waals surface area (Å²) in [5.41, 5.74) is 0.295. The van der Waals surface area contributed by atoms with Gasteiger partial charge in [0.15, 0.2) is 12.4 Å². The zero-order valence-corrected chi connectivity index (χ0v) is 11.1. The highest BCUT2D eigenvalue weighted by Crippen LogP contribution is 2.17. The van der Waals surface area contributed by atoms with Crippen LogP contribution in [-0.2, 0) is 4.79 Å². The van der Waals surface area contributed by atoms with Crippen molar-refractivity contribution >= 4 is 23.3 Å². The maximum absolute atomic E-state index is 11.7. The van der Waals surface area contributed by atoms with Crippen LogP contribution in [0.5, 0.6) is 5.75 Å². The Balaban J connectivity index is 1.95. The topological polar surface area (TPSA) is 75.0 Å². The normalized spacial score (nSPS) is 9.60. The Labute approximate surface area is 120 Å². The average Bonchev–Trinajstić information content (AvgIpc) is 2.46. The number of hydrogen-bond acceptors (Lipinski definition) is 4. The molecular formula is C14H10ClN3O2. The van der Waals surface area contributed by atoms with E-state index in [0.717, 1.165) is 0 Å². The number of halogens is 1. The standard InChI is InChI=1S/C14H10ClN3O2/c15-11-4-1-5-12(7-11)20-9-13(19)18-14-10(8-16)3-2-6-17-14/h1-7H,9H2,(H,17,18,19). The summed E-state index contributed by atoms with van der Waals surface area (Å²) in [6.07, 6.45) is 1.49. The summed E-state index contributed by atoms with van der Waals surface area (Å²) in [7, 11) is 0. The molecule has 0 saturated carbocycles. The average molecular weight is 288 g/mol. The molecule has 1 N–H and O–H groups in total. The number of nitrogens with zero attached hydrogens (tertiary/aromatic N) is 2. The minimum absolute atomic E-state index is 0.193. The molecule has 0 aliphatic heterocycles. The molecule has 5 nitrogen and oxygen atoms in total. The molecule has 0 spiro atoms. The minimum atomic E-state index is -0.403. The molecule has 2 aromatic rings. The number of carbonyl (C=O) groups excluding carboxylic acids is 1. The van der Waals surface area contributed by atoms with Crippen molar-refractivity contribution in [3.05, 3.63) is 53.2 Å². The lowest BCUT2D eigenvalue weighted by Gasteiger charge is -2.07. The van der Waals surface area contributed by atoms with Gasteiger partial charge >= 0.3 is 0 Å². The maximum atomic E-state index is 11.7. The Bertz CT molecular complexity index is 667. The number of aromatic nitrogens is 1. The van der Waals surface area contributed by atoms with E-state index in [-0.39, 0.29) is 12.4 Å². The number of anilines is 1. The fraction of sp³-hybridized carbons (Fsp3) is 0.0714. The summed E-state index contributed by atoms with van der Waals surface area (Å²) in [5, 5.41) is 11.9. The Morgan fingerprint density at radius 3 is 3.00 bits per heavy atom. The molecule has 2 rings (SSSR count). The van der Waals surface area contributed by atoms with Gasteiger partial charge in [-0.3, -0.25) is 4.79 Å². The molecule has 1 heterocycles. The number of rotatable bonds is 4. The lowest BCUT2D eigenvalue weighted by Crippen LogP contribution is -2.21. The maximum Gasteiger partial charge on any atom is 0.263 e. The smallest absolute Gasteiger partial charge is 0.263 e. The van der Waals surface area contributed by atoms with Crippen LogP contribution < -0.4 is 10.1 Å². The Kier molecular flexibility index (Phi) is 4.53. The summed E-state index contributed by atoms with van der Waals surface area (Å²) < 4.78 is 5.29. The van der Waals surface area contributed by atoms with Crippen molar-refractivity contribution in [2.24, 2.45) is 0 Å². The first kappa shape index (κ1) is 13.8. The molecule has 1 amide bonds. The van der Waals surface area contributed by atoms with Gasteiger partial charge in [-0.25, -0.2) is 4.98 Å². The highest BCUT2D eigenvalue weighted by molar-refractivity contribution is 6.30. The summed E-state index contributed by atoms with van der Waals surface area (Å²) in [4.78, 5) is 15.6. The van der Waals surface area contributed by atoms with E-state index in [2.05, 4.69) is 10.3 Å². The van der Waals surface area contributed by atoms with Gasteiger partial charge in [0.05, 0.1) is 5.56 Å². The minimum Gasteiger partial charge on any atom is -0.484 e. The van der Waals surface area contributed by atoms with E-state index >= 15 is 0 Å². The van der Waals surface area contributed by atoms with E-state index < -0.39 is 5.91 Å². The second-order valence-electron chi connectivity index (χ2n) is 3.81. The Morgan fingerprint density at radius 2 is 2.25 bits per heavy atom. The van der Waals surface area contributed by atoms with Crippen LogP contribution in [-0.4, -0.2) is 17.5 Å². The second-order valence-corrected chi connectivity index (χ2v) is 4.24. The molecule has 1 aromatic carbocycles. The van der Waals surface area contributed by atoms with Crippen LogP contribution in [0.4, 0.5) is 5.82 Å². The third-order valence-corrected chi connectivity index (χ3v) is 2.59. The summed E-state index contributed by atoms with van der Waals surface area (Å²) in [5.74, 6) is 0.309. The zero-order chi connectivity index (χ0) is 14.4. The summed E-state index contributed by atoms with van der Waals surface area (Å²) in [6.45, 7) is -0.193. The van der Waals surface area contributed by atoms with Crippen molar-refractivity contribution in [1.29, 1.82) is 5.26 Å². The third-order valence-electron chi connectivity index (χ3n) is 2.35. The molecule has 0 aliphatic rings. The van der Waals surface area contributed by atoms with E-state index in [9.17, 15) is 4.79 Å². The first-order chi connectivity index (χ1) is 9.69. The van der Waals surface area contributed by atoms with E-state index in [1.54, 1.807) is 36.4 Å². The predicted molar refractivity (Wildman–Crippen MR) is 74.5 cm³/mol. The number of ether oxygens (including phenoxy) is 1. The fourth-order valence-electron chi connectivity index (χ4n) is 1.47. The SMILES string of the molecule is N#Cc1cccnc1NC(=O)COc1cccc(Cl)c1.